The van der Waals surface area contributed by atoms with Crippen LogP contribution >= 0.6 is 11.6 Å². The molecule has 0 heterocycles. The second-order valence-corrected chi connectivity index (χ2v) is 3.51. The van der Waals surface area contributed by atoms with Gasteiger partial charge in [-0.15, -0.1) is 0 Å². The van der Waals surface area contributed by atoms with Crippen LogP contribution in [0.25, 0.3) is 0 Å². The van der Waals surface area contributed by atoms with Crippen molar-refractivity contribution in [1.82, 2.24) is 0 Å². The number of hydrogen-bond acceptors (Lipinski definition) is 3. The van der Waals surface area contributed by atoms with E-state index in [9.17, 15) is 4.79 Å². The summed E-state index contributed by atoms with van der Waals surface area (Å²) in [5.74, 6) is -0.379. The number of carbonyl (C=O) groups excluding carboxylic acids is 1. The molecule has 0 spiro atoms. The van der Waals surface area contributed by atoms with Gasteiger partial charge in [0.25, 0.3) is 0 Å². The quantitative estimate of drug-likeness (QED) is 0.621. The Kier molecular flexibility index (Phi) is 5.15. The molecule has 0 amide bonds. The molecular weight excluding hydrogens is 216 g/mol. The fraction of sp³-hybridized carbons (Fsp3) is 0.364. The van der Waals surface area contributed by atoms with E-state index < -0.39 is 0 Å². The van der Waals surface area contributed by atoms with E-state index >= 15 is 0 Å². The highest BCUT2D eigenvalue weighted by molar-refractivity contribution is 6.30. The third-order valence-electron chi connectivity index (χ3n) is 1.85. The summed E-state index contributed by atoms with van der Waals surface area (Å²) >= 11 is 5.73. The van der Waals surface area contributed by atoms with Crippen molar-refractivity contribution in [3.05, 3.63) is 34.9 Å². The van der Waals surface area contributed by atoms with Crippen LogP contribution in [0, 0.1) is 0 Å². The molecule has 0 aromatic heterocycles. The lowest BCUT2D eigenvalue weighted by Crippen LogP contribution is -2.06. The SMILES string of the molecule is O=C(OCCCCO)c1cccc(Cl)c1. The smallest absolute Gasteiger partial charge is 0.338 e. The van der Waals surface area contributed by atoms with Crippen molar-refractivity contribution in [1.29, 1.82) is 0 Å². The average Bonchev–Trinajstić information content (AvgIpc) is 2.24. The summed E-state index contributed by atoms with van der Waals surface area (Å²) in [6.45, 7) is 0.445. The molecule has 1 rings (SSSR count). The first kappa shape index (κ1) is 12.0. The molecule has 15 heavy (non-hydrogen) atoms. The Balaban J connectivity index is 2.40. The molecule has 0 saturated carbocycles. The summed E-state index contributed by atoms with van der Waals surface area (Å²) in [4.78, 5) is 11.4. The zero-order chi connectivity index (χ0) is 11.1. The second kappa shape index (κ2) is 6.43. The van der Waals surface area contributed by atoms with E-state index in [1.807, 2.05) is 0 Å². The molecular formula is C11H13ClO3. The van der Waals surface area contributed by atoms with Gasteiger partial charge in [-0.05, 0) is 31.0 Å². The van der Waals surface area contributed by atoms with Crippen LogP contribution in [0.4, 0.5) is 0 Å². The molecule has 82 valence electrons. The Labute approximate surface area is 93.6 Å². The molecule has 1 aromatic carbocycles. The van der Waals surface area contributed by atoms with Crippen LogP contribution in [0.15, 0.2) is 24.3 Å². The van der Waals surface area contributed by atoms with Gasteiger partial charge in [0.1, 0.15) is 0 Å². The average molecular weight is 229 g/mol. The lowest BCUT2D eigenvalue weighted by Gasteiger charge is -2.04. The molecule has 0 saturated heterocycles. The Bertz CT molecular complexity index is 325. The summed E-state index contributed by atoms with van der Waals surface area (Å²) in [5.41, 5.74) is 0.450. The van der Waals surface area contributed by atoms with Gasteiger partial charge in [-0.2, -0.15) is 0 Å². The summed E-state index contributed by atoms with van der Waals surface area (Å²) in [6, 6.07) is 6.62. The van der Waals surface area contributed by atoms with Gasteiger partial charge < -0.3 is 9.84 Å². The molecule has 0 aliphatic heterocycles. The number of unbranched alkanes of at least 4 members (excludes halogenated alkanes) is 1. The highest BCUT2D eigenvalue weighted by Gasteiger charge is 2.06. The number of benzene rings is 1. The maximum absolute atomic E-state index is 11.4. The third-order valence-corrected chi connectivity index (χ3v) is 2.08. The maximum Gasteiger partial charge on any atom is 0.338 e. The fourth-order valence-electron chi connectivity index (χ4n) is 1.08. The Hall–Kier alpha value is -1.06. The molecule has 0 bridgehead atoms. The van der Waals surface area contributed by atoms with Crippen LogP contribution in [-0.2, 0) is 4.74 Å². The topological polar surface area (TPSA) is 46.5 Å². The van der Waals surface area contributed by atoms with Gasteiger partial charge in [0.2, 0.25) is 0 Å². The number of carbonyl (C=O) groups is 1. The lowest BCUT2D eigenvalue weighted by atomic mass is 10.2. The van der Waals surface area contributed by atoms with Gasteiger partial charge in [-0.25, -0.2) is 4.79 Å². The number of hydrogen-bond donors (Lipinski definition) is 1. The van der Waals surface area contributed by atoms with E-state index in [2.05, 4.69) is 0 Å². The largest absolute Gasteiger partial charge is 0.462 e. The van der Waals surface area contributed by atoms with Crippen LogP contribution < -0.4 is 0 Å². The minimum absolute atomic E-state index is 0.120. The van der Waals surface area contributed by atoms with E-state index in [-0.39, 0.29) is 12.6 Å². The molecule has 0 atom stereocenters. The maximum atomic E-state index is 11.4. The van der Waals surface area contributed by atoms with Crippen molar-refractivity contribution in [2.75, 3.05) is 13.2 Å². The predicted octanol–water partition coefficient (Wildman–Crippen LogP) is 2.27. The number of esters is 1. The van der Waals surface area contributed by atoms with Crippen LogP contribution in [0.2, 0.25) is 5.02 Å². The van der Waals surface area contributed by atoms with Gasteiger partial charge in [0, 0.05) is 11.6 Å². The fourth-order valence-corrected chi connectivity index (χ4v) is 1.27. The molecule has 1 aromatic rings. The van der Waals surface area contributed by atoms with Crippen molar-refractivity contribution in [2.24, 2.45) is 0 Å². The van der Waals surface area contributed by atoms with E-state index in [0.717, 1.165) is 0 Å². The molecule has 3 nitrogen and oxygen atoms in total. The van der Waals surface area contributed by atoms with E-state index in [1.165, 1.54) is 0 Å². The Morgan fingerprint density at radius 3 is 2.87 bits per heavy atom. The monoisotopic (exact) mass is 228 g/mol. The number of ether oxygens (including phenoxy) is 1. The van der Waals surface area contributed by atoms with Crippen molar-refractivity contribution >= 4 is 17.6 Å². The van der Waals surface area contributed by atoms with Gasteiger partial charge in [0.05, 0.1) is 12.2 Å². The second-order valence-electron chi connectivity index (χ2n) is 3.08. The van der Waals surface area contributed by atoms with Crippen molar-refractivity contribution in [3.63, 3.8) is 0 Å². The van der Waals surface area contributed by atoms with Crippen LogP contribution in [0.5, 0.6) is 0 Å². The summed E-state index contributed by atoms with van der Waals surface area (Å²) in [6.07, 6.45) is 1.31. The highest BCUT2D eigenvalue weighted by atomic mass is 35.5. The van der Waals surface area contributed by atoms with Crippen molar-refractivity contribution in [3.8, 4) is 0 Å². The number of aliphatic hydroxyl groups excluding tert-OH is 1. The van der Waals surface area contributed by atoms with Gasteiger partial charge in [-0.1, -0.05) is 17.7 Å². The number of rotatable bonds is 5. The first-order chi connectivity index (χ1) is 7.24. The van der Waals surface area contributed by atoms with Gasteiger partial charge in [0.15, 0.2) is 0 Å². The molecule has 4 heteroatoms. The van der Waals surface area contributed by atoms with Crippen LogP contribution in [0.3, 0.4) is 0 Å². The number of aliphatic hydroxyl groups is 1. The van der Waals surface area contributed by atoms with Crippen molar-refractivity contribution < 1.29 is 14.6 Å². The normalized spacial score (nSPS) is 10.0. The molecule has 0 aliphatic rings. The zero-order valence-electron chi connectivity index (χ0n) is 8.28. The predicted molar refractivity (Wildman–Crippen MR) is 58.1 cm³/mol. The van der Waals surface area contributed by atoms with Gasteiger partial charge in [-0.3, -0.25) is 0 Å². The molecule has 0 radical (unpaired) electrons. The molecule has 0 unspecified atom stereocenters. The first-order valence-electron chi connectivity index (χ1n) is 4.77. The summed E-state index contributed by atoms with van der Waals surface area (Å²) < 4.78 is 4.98. The highest BCUT2D eigenvalue weighted by Crippen LogP contribution is 2.11. The molecule has 1 N–H and O–H groups in total. The van der Waals surface area contributed by atoms with E-state index in [4.69, 9.17) is 21.4 Å². The summed E-state index contributed by atoms with van der Waals surface area (Å²) in [5, 5.41) is 9.04. The van der Waals surface area contributed by atoms with E-state index in [0.29, 0.717) is 30.0 Å². The van der Waals surface area contributed by atoms with Crippen LogP contribution in [-0.4, -0.2) is 24.3 Å². The zero-order valence-corrected chi connectivity index (χ0v) is 9.04. The van der Waals surface area contributed by atoms with Crippen molar-refractivity contribution in [2.45, 2.75) is 12.8 Å². The molecule has 0 aliphatic carbocycles. The standard InChI is InChI=1S/C11H13ClO3/c12-10-5-3-4-9(8-10)11(14)15-7-2-1-6-13/h3-5,8,13H,1-2,6-7H2. The van der Waals surface area contributed by atoms with Crippen LogP contribution in [0.1, 0.15) is 23.2 Å². The summed E-state index contributed by atoms with van der Waals surface area (Å²) in [7, 11) is 0. The minimum atomic E-state index is -0.379. The molecule has 0 fully saturated rings. The van der Waals surface area contributed by atoms with E-state index in [1.54, 1.807) is 24.3 Å². The minimum Gasteiger partial charge on any atom is -0.462 e. The van der Waals surface area contributed by atoms with Gasteiger partial charge >= 0.3 is 5.97 Å². The Morgan fingerprint density at radius 2 is 2.20 bits per heavy atom. The first-order valence-corrected chi connectivity index (χ1v) is 5.15. The Morgan fingerprint density at radius 1 is 1.40 bits per heavy atom. The number of halogens is 1. The lowest BCUT2D eigenvalue weighted by molar-refractivity contribution is 0.0492. The third kappa shape index (κ3) is 4.32.